The zero-order chi connectivity index (χ0) is 22.5. The Hall–Kier alpha value is -2.71. The summed E-state index contributed by atoms with van der Waals surface area (Å²) in [6.07, 6.45) is 0.819. The number of carbonyl (C=O) groups is 1. The van der Waals surface area contributed by atoms with E-state index in [4.69, 9.17) is 17.0 Å². The summed E-state index contributed by atoms with van der Waals surface area (Å²) in [6, 6.07) is 13.1. The lowest BCUT2D eigenvalue weighted by molar-refractivity contribution is 0.0977. The number of aromatic nitrogens is 2. The molecular formula is C23H25BrN4O2S. The summed E-state index contributed by atoms with van der Waals surface area (Å²) >= 11 is 8.72. The van der Waals surface area contributed by atoms with Gasteiger partial charge in [0.05, 0.1) is 16.8 Å². The highest BCUT2D eigenvalue weighted by molar-refractivity contribution is 9.10. The minimum atomic E-state index is -0.291. The Morgan fingerprint density at radius 2 is 1.90 bits per heavy atom. The monoisotopic (exact) mass is 500 g/mol. The van der Waals surface area contributed by atoms with Crippen LogP contribution in [-0.2, 0) is 13.5 Å². The highest BCUT2D eigenvalue weighted by atomic mass is 79.9. The zero-order valence-electron chi connectivity index (χ0n) is 18.0. The molecule has 2 N–H and O–H groups in total. The van der Waals surface area contributed by atoms with E-state index in [0.29, 0.717) is 17.9 Å². The van der Waals surface area contributed by atoms with E-state index in [1.165, 1.54) is 16.8 Å². The molecule has 0 radical (unpaired) electrons. The van der Waals surface area contributed by atoms with Gasteiger partial charge in [-0.2, -0.15) is 5.10 Å². The van der Waals surface area contributed by atoms with Gasteiger partial charge in [0.15, 0.2) is 5.11 Å². The molecule has 0 fully saturated rings. The van der Waals surface area contributed by atoms with Crippen molar-refractivity contribution in [2.45, 2.75) is 27.2 Å². The normalized spacial score (nSPS) is 10.6. The summed E-state index contributed by atoms with van der Waals surface area (Å²) in [4.78, 5) is 12.5. The molecule has 31 heavy (non-hydrogen) atoms. The molecule has 162 valence electrons. The zero-order valence-corrected chi connectivity index (χ0v) is 20.4. The maximum atomic E-state index is 12.5. The van der Waals surface area contributed by atoms with Crippen molar-refractivity contribution >= 4 is 44.9 Å². The van der Waals surface area contributed by atoms with Crippen LogP contribution < -0.4 is 15.4 Å². The third-order valence-corrected chi connectivity index (χ3v) is 5.80. The van der Waals surface area contributed by atoms with Gasteiger partial charge in [-0.15, -0.1) is 0 Å². The largest absolute Gasteiger partial charge is 0.493 e. The van der Waals surface area contributed by atoms with Crippen LogP contribution in [0.3, 0.4) is 0 Å². The molecule has 2 aromatic carbocycles. The van der Waals surface area contributed by atoms with E-state index in [2.05, 4.69) is 38.6 Å². The van der Waals surface area contributed by atoms with Crippen molar-refractivity contribution < 1.29 is 9.53 Å². The van der Waals surface area contributed by atoms with Gasteiger partial charge in [0.25, 0.3) is 5.91 Å². The maximum Gasteiger partial charge on any atom is 0.257 e. The Morgan fingerprint density at radius 3 is 2.48 bits per heavy atom. The molecule has 1 heterocycles. The lowest BCUT2D eigenvalue weighted by atomic mass is 10.0. The number of halogens is 1. The number of anilines is 1. The molecule has 0 spiro atoms. The highest BCUT2D eigenvalue weighted by Gasteiger charge is 2.12. The summed E-state index contributed by atoms with van der Waals surface area (Å²) in [5, 5.41) is 10.5. The van der Waals surface area contributed by atoms with Crippen LogP contribution in [0.2, 0.25) is 0 Å². The lowest BCUT2D eigenvalue weighted by Crippen LogP contribution is -2.34. The van der Waals surface area contributed by atoms with Crippen molar-refractivity contribution in [2.24, 2.45) is 7.05 Å². The topological polar surface area (TPSA) is 68.2 Å². The van der Waals surface area contributed by atoms with E-state index in [9.17, 15) is 4.79 Å². The van der Waals surface area contributed by atoms with Crippen LogP contribution in [0, 0.1) is 13.8 Å². The quantitative estimate of drug-likeness (QED) is 0.470. The maximum absolute atomic E-state index is 12.5. The number of benzene rings is 2. The number of nitrogens with zero attached hydrogens (tertiary/aromatic N) is 2. The van der Waals surface area contributed by atoms with Gasteiger partial charge in [0.1, 0.15) is 5.75 Å². The van der Waals surface area contributed by atoms with Crippen LogP contribution in [0.25, 0.3) is 0 Å². The molecule has 0 saturated heterocycles. The van der Waals surface area contributed by atoms with Gasteiger partial charge < -0.3 is 10.1 Å². The molecule has 8 heteroatoms. The first-order valence-corrected chi connectivity index (χ1v) is 11.1. The predicted molar refractivity (Wildman–Crippen MR) is 131 cm³/mol. The fourth-order valence-electron chi connectivity index (χ4n) is 3.24. The molecule has 3 rings (SSSR count). The number of ether oxygens (including phenoxy) is 1. The van der Waals surface area contributed by atoms with Crippen LogP contribution >= 0.6 is 28.1 Å². The van der Waals surface area contributed by atoms with Crippen molar-refractivity contribution in [2.75, 3.05) is 11.9 Å². The number of aryl methyl sites for hydroxylation is 2. The first-order chi connectivity index (χ1) is 14.8. The smallest absolute Gasteiger partial charge is 0.257 e. The summed E-state index contributed by atoms with van der Waals surface area (Å²) in [6.45, 7) is 6.57. The van der Waals surface area contributed by atoms with Crippen LogP contribution in [0.5, 0.6) is 5.75 Å². The molecule has 6 nitrogen and oxygen atoms in total. The van der Waals surface area contributed by atoms with Crippen molar-refractivity contribution in [3.05, 3.63) is 75.0 Å². The molecule has 0 saturated carbocycles. The Bertz CT molecular complexity index is 1110. The lowest BCUT2D eigenvalue weighted by Gasteiger charge is -2.11. The van der Waals surface area contributed by atoms with Crippen LogP contribution in [0.1, 0.15) is 39.8 Å². The fourth-order valence-corrected chi connectivity index (χ4v) is 3.94. The third kappa shape index (κ3) is 5.71. The first kappa shape index (κ1) is 23.0. The molecule has 1 aromatic heterocycles. The molecule has 0 bridgehead atoms. The van der Waals surface area contributed by atoms with Crippen molar-refractivity contribution in [3.63, 3.8) is 0 Å². The Balaban J connectivity index is 1.59. The van der Waals surface area contributed by atoms with E-state index in [1.807, 2.05) is 49.8 Å². The average molecular weight is 501 g/mol. The molecule has 0 aliphatic heterocycles. The second kappa shape index (κ2) is 10.1. The van der Waals surface area contributed by atoms with Gasteiger partial charge in [-0.1, -0.05) is 12.1 Å². The number of hydrogen-bond acceptors (Lipinski definition) is 4. The highest BCUT2D eigenvalue weighted by Crippen LogP contribution is 2.26. The standard InChI is InChI=1S/C23H25BrN4O2S/c1-5-30-21-11-8-17(13-20(21)24)22(29)26-23(31)25-18-9-6-16(7-10-18)12-19-14(2)27-28(4)15(19)3/h6-11,13H,5,12H2,1-4H3,(H2,25,26,29,31). The predicted octanol–water partition coefficient (Wildman–Crippen LogP) is 4.92. The fraction of sp³-hybridized carbons (Fsp3) is 0.261. The Labute approximate surface area is 196 Å². The number of rotatable bonds is 6. The Morgan fingerprint density at radius 1 is 1.19 bits per heavy atom. The average Bonchev–Trinajstić information content (AvgIpc) is 2.97. The SMILES string of the molecule is CCOc1ccc(C(=O)NC(=S)Nc2ccc(Cc3c(C)nn(C)c3C)cc2)cc1Br. The first-order valence-electron chi connectivity index (χ1n) is 9.91. The minimum Gasteiger partial charge on any atom is -0.493 e. The van der Waals surface area contributed by atoms with Gasteiger partial charge in [-0.3, -0.25) is 14.8 Å². The van der Waals surface area contributed by atoms with E-state index in [1.54, 1.807) is 18.2 Å². The summed E-state index contributed by atoms with van der Waals surface area (Å²) in [5.74, 6) is 0.400. The molecule has 0 unspecified atom stereocenters. The minimum absolute atomic E-state index is 0.238. The van der Waals surface area contributed by atoms with Gasteiger partial charge in [-0.05, 0) is 84.8 Å². The van der Waals surface area contributed by atoms with E-state index in [-0.39, 0.29) is 11.0 Å². The summed E-state index contributed by atoms with van der Waals surface area (Å²) in [5.41, 5.74) is 5.93. The van der Waals surface area contributed by atoms with Crippen molar-refractivity contribution in [1.29, 1.82) is 0 Å². The number of amides is 1. The van der Waals surface area contributed by atoms with Crippen LogP contribution in [-0.4, -0.2) is 27.4 Å². The second-order valence-electron chi connectivity index (χ2n) is 7.13. The van der Waals surface area contributed by atoms with Crippen LogP contribution in [0.4, 0.5) is 5.69 Å². The molecule has 0 aliphatic rings. The Kier molecular flexibility index (Phi) is 7.46. The van der Waals surface area contributed by atoms with E-state index < -0.39 is 0 Å². The summed E-state index contributed by atoms with van der Waals surface area (Å²) < 4.78 is 8.10. The van der Waals surface area contributed by atoms with Crippen LogP contribution in [0.15, 0.2) is 46.9 Å². The second-order valence-corrected chi connectivity index (χ2v) is 8.40. The molecule has 0 aliphatic carbocycles. The molecule has 1 amide bonds. The molecule has 0 atom stereocenters. The number of thiocarbonyl (C=S) groups is 1. The van der Waals surface area contributed by atoms with Gasteiger partial charge >= 0.3 is 0 Å². The number of nitrogens with one attached hydrogen (secondary N) is 2. The number of carbonyl (C=O) groups excluding carboxylic acids is 1. The molecular weight excluding hydrogens is 476 g/mol. The van der Waals surface area contributed by atoms with Gasteiger partial charge in [0, 0.05) is 36.0 Å². The van der Waals surface area contributed by atoms with E-state index >= 15 is 0 Å². The van der Waals surface area contributed by atoms with Crippen molar-refractivity contribution in [1.82, 2.24) is 15.1 Å². The summed E-state index contributed by atoms with van der Waals surface area (Å²) in [7, 11) is 1.96. The molecule has 3 aromatic rings. The van der Waals surface area contributed by atoms with Crippen molar-refractivity contribution in [3.8, 4) is 5.75 Å². The van der Waals surface area contributed by atoms with Gasteiger partial charge in [0.2, 0.25) is 0 Å². The third-order valence-electron chi connectivity index (χ3n) is 4.97. The van der Waals surface area contributed by atoms with Gasteiger partial charge in [-0.25, -0.2) is 0 Å². The number of hydrogen-bond donors (Lipinski definition) is 2. The van der Waals surface area contributed by atoms with E-state index in [0.717, 1.165) is 22.3 Å².